The molecule has 3 rings (SSSR count). The van der Waals surface area contributed by atoms with Gasteiger partial charge in [-0.2, -0.15) is 13.2 Å². The Morgan fingerprint density at radius 1 is 0.805 bits per heavy atom. The molecule has 0 bridgehead atoms. The van der Waals surface area contributed by atoms with E-state index in [9.17, 15) is 27.9 Å². The first-order chi connectivity index (χ1) is 19.4. The van der Waals surface area contributed by atoms with Crippen molar-refractivity contribution in [1.29, 1.82) is 0 Å². The van der Waals surface area contributed by atoms with Gasteiger partial charge in [0.15, 0.2) is 10.9 Å². The number of Topliss-reactive ketones (excluding diaryl/α,β-unsaturated/α-hetero) is 1. The van der Waals surface area contributed by atoms with E-state index in [1.807, 2.05) is 86.7 Å². The summed E-state index contributed by atoms with van der Waals surface area (Å²) >= 11 is 9.22. The van der Waals surface area contributed by atoms with Crippen molar-refractivity contribution >= 4 is 47.1 Å². The summed E-state index contributed by atoms with van der Waals surface area (Å²) in [5.74, 6) is -2.00. The number of ether oxygens (including phenoxy) is 2. The fourth-order valence-electron chi connectivity index (χ4n) is 3.51. The second kappa shape index (κ2) is 16.0. The van der Waals surface area contributed by atoms with Gasteiger partial charge in [0.1, 0.15) is 11.9 Å². The number of esters is 1. The summed E-state index contributed by atoms with van der Waals surface area (Å²) in [6.45, 7) is 3.91. The quantitative estimate of drug-likeness (QED) is 0.195. The first-order valence-electron chi connectivity index (χ1n) is 12.3. The predicted octanol–water partition coefficient (Wildman–Crippen LogP) is 8.31. The molecule has 0 heterocycles. The maximum absolute atomic E-state index is 12.9. The monoisotopic (exact) mass is 608 g/mol. The highest BCUT2D eigenvalue weighted by atomic mass is 35.5. The smallest absolute Gasteiger partial charge is 0.452 e. The van der Waals surface area contributed by atoms with E-state index in [4.69, 9.17) is 9.47 Å². The number of carbonyl (C=O) groups is 2. The number of aliphatic hydroxyl groups is 1. The van der Waals surface area contributed by atoms with Crippen LogP contribution in [0, 0.1) is 0 Å². The molecule has 0 aliphatic rings. The zero-order chi connectivity index (χ0) is 30.6. The third kappa shape index (κ3) is 10.4. The first-order valence-corrected chi connectivity index (χ1v) is 13.2. The summed E-state index contributed by atoms with van der Waals surface area (Å²) < 4.78 is 44.5. The van der Waals surface area contributed by atoms with E-state index in [1.165, 1.54) is 0 Å². The van der Waals surface area contributed by atoms with Crippen LogP contribution in [0.1, 0.15) is 58.7 Å². The third-order valence-electron chi connectivity index (χ3n) is 5.59. The number of hydrogen-bond donors (Lipinski definition) is 1. The van der Waals surface area contributed by atoms with Crippen LogP contribution < -0.4 is 4.74 Å². The second-order valence-corrected chi connectivity index (χ2v) is 9.59. The predicted molar refractivity (Wildman–Crippen MR) is 155 cm³/mol. The van der Waals surface area contributed by atoms with Crippen molar-refractivity contribution in [1.82, 2.24) is 0 Å². The summed E-state index contributed by atoms with van der Waals surface area (Å²) in [6.07, 6.45) is 1.07. The molecule has 0 aliphatic heterocycles. The minimum Gasteiger partial charge on any atom is -0.497 e. The fourth-order valence-corrected chi connectivity index (χ4v) is 3.76. The highest BCUT2D eigenvalue weighted by molar-refractivity contribution is 6.54. The Kier molecular flexibility index (Phi) is 13.1. The van der Waals surface area contributed by atoms with Gasteiger partial charge in [-0.15, -0.1) is 0 Å². The molecule has 5 nitrogen and oxygen atoms in total. The van der Waals surface area contributed by atoms with Crippen LogP contribution in [0.15, 0.2) is 84.9 Å². The number of ketones is 1. The van der Waals surface area contributed by atoms with Gasteiger partial charge in [0.2, 0.25) is 0 Å². The topological polar surface area (TPSA) is 72.8 Å². The molecule has 0 saturated carbocycles. The molecule has 3 aromatic rings. The molecule has 0 radical (unpaired) electrons. The van der Waals surface area contributed by atoms with E-state index in [0.29, 0.717) is 22.4 Å². The number of aliphatic hydroxyl groups excluding tert-OH is 1. The van der Waals surface area contributed by atoms with Crippen LogP contribution in [0.25, 0.3) is 12.2 Å². The molecule has 10 heteroatoms. The number of hydrogen-bond acceptors (Lipinski definition) is 5. The summed E-state index contributed by atoms with van der Waals surface area (Å²) in [5, 5.41) is 11.2. The van der Waals surface area contributed by atoms with Crippen LogP contribution in [0.3, 0.4) is 0 Å². The molecule has 0 fully saturated rings. The normalized spacial score (nSPS) is 13.0. The van der Waals surface area contributed by atoms with E-state index >= 15 is 0 Å². The Bertz CT molecular complexity index is 1320. The van der Waals surface area contributed by atoms with E-state index in [2.05, 4.69) is 23.2 Å². The van der Waals surface area contributed by atoms with Crippen molar-refractivity contribution in [2.45, 2.75) is 37.1 Å². The number of carbonyl (C=O) groups excluding carboxylic acids is 2. The molecule has 2 unspecified atom stereocenters. The molecular formula is C31H29Cl2F3O5. The molecule has 0 saturated heterocycles. The third-order valence-corrected chi connectivity index (χ3v) is 5.98. The maximum Gasteiger partial charge on any atom is 0.452 e. The van der Waals surface area contributed by atoms with Gasteiger partial charge in [0.05, 0.1) is 12.7 Å². The number of halogens is 5. The molecule has 1 N–H and O–H groups in total. The zero-order valence-electron chi connectivity index (χ0n) is 22.4. The number of rotatable bonds is 9. The molecule has 0 spiro atoms. The van der Waals surface area contributed by atoms with E-state index in [0.717, 1.165) is 11.1 Å². The lowest BCUT2D eigenvalue weighted by atomic mass is 9.96. The molecule has 0 aliphatic carbocycles. The van der Waals surface area contributed by atoms with Crippen LogP contribution in [0.4, 0.5) is 13.2 Å². The fraction of sp³-hybridized carbons (Fsp3) is 0.226. The number of benzene rings is 3. The highest BCUT2D eigenvalue weighted by Gasteiger charge is 2.42. The molecule has 218 valence electrons. The SMILES string of the molecule is C/C=C/c1ccc(C(O)C(OC(=O)c2ccc(OC)cc2)c2ccc(/C=C/C)cc2)cc1.O=C(C(Cl)Cl)C(F)(F)F. The van der Waals surface area contributed by atoms with Crippen molar-refractivity contribution in [2.24, 2.45) is 0 Å². The van der Waals surface area contributed by atoms with Gasteiger partial charge in [0, 0.05) is 0 Å². The van der Waals surface area contributed by atoms with Crippen LogP contribution in [0.2, 0.25) is 0 Å². The van der Waals surface area contributed by atoms with Crippen molar-refractivity contribution < 1.29 is 37.3 Å². The van der Waals surface area contributed by atoms with Crippen LogP contribution in [0.5, 0.6) is 5.75 Å². The Morgan fingerprint density at radius 2 is 1.27 bits per heavy atom. The largest absolute Gasteiger partial charge is 0.497 e. The number of allylic oxidation sites excluding steroid dienone is 2. The molecule has 41 heavy (non-hydrogen) atoms. The van der Waals surface area contributed by atoms with E-state index in [1.54, 1.807) is 31.4 Å². The van der Waals surface area contributed by atoms with Gasteiger partial charge in [-0.1, -0.05) is 96.0 Å². The Hall–Kier alpha value is -3.59. The van der Waals surface area contributed by atoms with Crippen molar-refractivity contribution in [3.05, 3.63) is 113 Å². The highest BCUT2D eigenvalue weighted by Crippen LogP contribution is 2.34. The summed E-state index contributed by atoms with van der Waals surface area (Å²) in [4.78, 5) is 20.6. The number of alkyl halides is 5. The molecule has 0 amide bonds. The molecular weight excluding hydrogens is 580 g/mol. The summed E-state index contributed by atoms with van der Waals surface area (Å²) in [7, 11) is 1.57. The average molecular weight is 609 g/mol. The van der Waals surface area contributed by atoms with Crippen molar-refractivity contribution in [3.8, 4) is 5.75 Å². The van der Waals surface area contributed by atoms with Crippen LogP contribution in [-0.2, 0) is 9.53 Å². The van der Waals surface area contributed by atoms with Crippen LogP contribution in [-0.4, -0.2) is 35.0 Å². The lowest BCUT2D eigenvalue weighted by molar-refractivity contribution is -0.169. The van der Waals surface area contributed by atoms with Crippen molar-refractivity contribution in [3.63, 3.8) is 0 Å². The Balaban J connectivity index is 0.000000564. The second-order valence-electron chi connectivity index (χ2n) is 8.50. The lowest BCUT2D eigenvalue weighted by Gasteiger charge is -2.24. The van der Waals surface area contributed by atoms with Gasteiger partial charge in [0.25, 0.3) is 5.78 Å². The molecule has 0 aromatic heterocycles. The van der Waals surface area contributed by atoms with Crippen LogP contribution >= 0.6 is 23.2 Å². The summed E-state index contributed by atoms with van der Waals surface area (Å²) in [5.41, 5.74) is 3.83. The standard InChI is InChI=1S/C28H28O4.C3HCl2F3O/c1-4-6-20-8-12-22(13-9-20)26(29)27(23-14-10-21(7-5-2)11-15-23)32-28(30)24-16-18-25(31-3)19-17-24;4-2(5)1(9)3(6,7)8/h4-19,26-27,29H,1-3H3;2H/b6-4+,7-5+;. The zero-order valence-corrected chi connectivity index (χ0v) is 24.0. The van der Waals surface area contributed by atoms with Gasteiger partial charge >= 0.3 is 12.1 Å². The minimum absolute atomic E-state index is 0.386. The van der Waals surface area contributed by atoms with Gasteiger partial charge in [-0.05, 0) is 60.4 Å². The number of methoxy groups -OCH3 is 1. The summed E-state index contributed by atoms with van der Waals surface area (Å²) in [6, 6.07) is 21.9. The van der Waals surface area contributed by atoms with Crippen molar-refractivity contribution in [2.75, 3.05) is 7.11 Å². The Morgan fingerprint density at radius 3 is 1.63 bits per heavy atom. The average Bonchev–Trinajstić information content (AvgIpc) is 2.96. The van der Waals surface area contributed by atoms with Gasteiger partial charge in [-0.25, -0.2) is 4.79 Å². The van der Waals surface area contributed by atoms with E-state index < -0.39 is 35.0 Å². The first kappa shape index (κ1) is 33.6. The molecule has 3 aromatic carbocycles. The Labute approximate surface area is 246 Å². The van der Waals surface area contributed by atoms with E-state index in [-0.39, 0.29) is 0 Å². The maximum atomic E-state index is 12.9. The van der Waals surface area contributed by atoms with Gasteiger partial charge < -0.3 is 14.6 Å². The van der Waals surface area contributed by atoms with Gasteiger partial charge in [-0.3, -0.25) is 4.79 Å². The minimum atomic E-state index is -4.92. The lowest BCUT2D eigenvalue weighted by Crippen LogP contribution is -2.27. The molecule has 2 atom stereocenters.